The summed E-state index contributed by atoms with van der Waals surface area (Å²) in [4.78, 5) is 0. The fraction of sp³-hybridized carbons (Fsp3) is 0.806. The summed E-state index contributed by atoms with van der Waals surface area (Å²) >= 11 is 4.57. The number of hydrogen-bond acceptors (Lipinski definition) is 2. The first kappa shape index (κ1) is 28.6. The monoisotopic (exact) mass is 474 g/mol. The molecule has 0 radical (unpaired) electrons. The first-order chi connectivity index (χ1) is 15.2. The molecule has 1 aromatic rings. The highest BCUT2D eigenvalue weighted by Gasteiger charge is 2.54. The van der Waals surface area contributed by atoms with Crippen LogP contribution in [0.3, 0.4) is 0 Å². The Morgan fingerprint density at radius 3 is 2.21 bits per heavy atom. The van der Waals surface area contributed by atoms with Gasteiger partial charge in [0.25, 0.3) is 0 Å². The predicted molar refractivity (Wildman–Crippen MR) is 150 cm³/mol. The van der Waals surface area contributed by atoms with E-state index >= 15 is 0 Å². The van der Waals surface area contributed by atoms with E-state index in [1.165, 1.54) is 62.5 Å². The highest BCUT2D eigenvalue weighted by molar-refractivity contribution is 7.79. The van der Waals surface area contributed by atoms with Gasteiger partial charge in [0, 0.05) is 16.9 Å². The minimum atomic E-state index is 0.0361. The fourth-order valence-corrected chi connectivity index (χ4v) is 8.29. The van der Waals surface area contributed by atoms with Crippen molar-refractivity contribution in [1.29, 1.82) is 0 Å². The zero-order chi connectivity index (χ0) is 25.2. The lowest BCUT2D eigenvalue weighted by Crippen LogP contribution is -2.49. The third kappa shape index (κ3) is 6.33. The van der Waals surface area contributed by atoms with Gasteiger partial charge in [-0.1, -0.05) is 87.8 Å². The molecular weight excluding hydrogens is 420 g/mol. The van der Waals surface area contributed by atoms with Gasteiger partial charge in [0.2, 0.25) is 0 Å². The molecule has 0 aliphatic heterocycles. The highest BCUT2D eigenvalue weighted by atomic mass is 32.1. The van der Waals surface area contributed by atoms with Crippen molar-refractivity contribution >= 4 is 12.6 Å². The van der Waals surface area contributed by atoms with Crippen LogP contribution in [0.4, 0.5) is 0 Å². The van der Waals surface area contributed by atoms with Crippen LogP contribution < -0.4 is 0 Å². The van der Waals surface area contributed by atoms with Crippen molar-refractivity contribution in [2.45, 2.75) is 137 Å². The summed E-state index contributed by atoms with van der Waals surface area (Å²) < 4.78 is 0. The zero-order valence-corrected chi connectivity index (χ0v) is 24.5. The van der Waals surface area contributed by atoms with Crippen molar-refractivity contribution < 1.29 is 5.11 Å². The largest absolute Gasteiger partial charge is 0.507 e. The topological polar surface area (TPSA) is 20.2 Å². The number of aromatic hydroxyl groups is 1. The van der Waals surface area contributed by atoms with Gasteiger partial charge in [0.05, 0.1) is 0 Å². The standard InChI is InChI=1S/C29H48OS.C2H6/c1-9-10-27(7)14-21-15-28(8,19-29(16-21,18-27)13-20(2)3)24-12-23(26(4,5)6)11-22(17-31)25(24)30;1-2/h11-12,20-21,30-31H,9-10,13-19H2,1-8H3;1-2H3. The lowest BCUT2D eigenvalue weighted by Gasteiger charge is -2.59. The van der Waals surface area contributed by atoms with Crippen LogP contribution in [0.2, 0.25) is 0 Å². The lowest BCUT2D eigenvalue weighted by molar-refractivity contribution is -0.0552. The molecule has 0 saturated heterocycles. The molecule has 0 aromatic heterocycles. The van der Waals surface area contributed by atoms with Gasteiger partial charge in [-0.25, -0.2) is 0 Å². The SMILES string of the molecule is CC.CCCC1(C)CC2CC(CC(C)C)(C1)CC(C)(c1cc(C(C)(C)C)cc(CS)c1O)C2. The third-order valence-corrected chi connectivity index (χ3v) is 8.72. The highest BCUT2D eigenvalue weighted by Crippen LogP contribution is 2.64. The Morgan fingerprint density at radius 1 is 1.06 bits per heavy atom. The predicted octanol–water partition coefficient (Wildman–Crippen LogP) is 9.84. The van der Waals surface area contributed by atoms with Crippen LogP contribution in [0.25, 0.3) is 0 Å². The molecule has 1 N–H and O–H groups in total. The van der Waals surface area contributed by atoms with Crippen molar-refractivity contribution in [2.24, 2.45) is 22.7 Å². The summed E-state index contributed by atoms with van der Waals surface area (Å²) in [5, 5.41) is 11.4. The Morgan fingerprint density at radius 2 is 1.70 bits per heavy atom. The van der Waals surface area contributed by atoms with Crippen LogP contribution in [-0.2, 0) is 16.6 Å². The van der Waals surface area contributed by atoms with Crippen LogP contribution in [0.5, 0.6) is 5.75 Å². The second kappa shape index (κ2) is 10.5. The lowest BCUT2D eigenvalue weighted by atomic mass is 9.46. The van der Waals surface area contributed by atoms with Crippen LogP contribution in [0, 0.1) is 22.7 Å². The summed E-state index contributed by atoms with van der Waals surface area (Å²) in [5.41, 5.74) is 4.51. The van der Waals surface area contributed by atoms with E-state index in [-0.39, 0.29) is 10.8 Å². The molecule has 4 atom stereocenters. The molecule has 2 saturated carbocycles. The Bertz CT molecular complexity index is 787. The van der Waals surface area contributed by atoms with Gasteiger partial charge in [-0.15, -0.1) is 0 Å². The molecule has 0 amide bonds. The van der Waals surface area contributed by atoms with Crippen molar-refractivity contribution in [3.8, 4) is 5.75 Å². The summed E-state index contributed by atoms with van der Waals surface area (Å²) in [7, 11) is 0. The molecule has 1 aromatic carbocycles. The maximum absolute atomic E-state index is 11.4. The Balaban J connectivity index is 0.00000187. The smallest absolute Gasteiger partial charge is 0.123 e. The molecule has 0 heterocycles. The normalized spacial score (nSPS) is 31.8. The number of rotatable bonds is 6. The summed E-state index contributed by atoms with van der Waals surface area (Å²) in [5.74, 6) is 2.59. The number of hydrogen-bond donors (Lipinski definition) is 2. The second-order valence-electron chi connectivity index (χ2n) is 13.5. The van der Waals surface area contributed by atoms with E-state index in [0.717, 1.165) is 17.4 Å². The molecule has 0 spiro atoms. The first-order valence-electron chi connectivity index (χ1n) is 13.7. The van der Waals surface area contributed by atoms with Crippen molar-refractivity contribution in [1.82, 2.24) is 0 Å². The van der Waals surface area contributed by atoms with Gasteiger partial charge in [-0.3, -0.25) is 0 Å². The average Bonchev–Trinajstić information content (AvgIpc) is 2.66. The molecule has 1 nitrogen and oxygen atoms in total. The number of phenolic OH excluding ortho intramolecular Hbond substituents is 1. The Labute approximate surface area is 211 Å². The minimum Gasteiger partial charge on any atom is -0.507 e. The van der Waals surface area contributed by atoms with Gasteiger partial charge in [-0.05, 0) is 84.0 Å². The van der Waals surface area contributed by atoms with Gasteiger partial charge in [0.1, 0.15) is 5.75 Å². The van der Waals surface area contributed by atoms with Crippen LogP contribution in [0.1, 0.15) is 137 Å². The number of benzene rings is 1. The molecule has 4 unspecified atom stereocenters. The summed E-state index contributed by atoms with van der Waals surface area (Å²) in [6.45, 7) is 23.0. The van der Waals surface area contributed by atoms with E-state index in [1.54, 1.807) is 0 Å². The summed E-state index contributed by atoms with van der Waals surface area (Å²) in [6, 6.07) is 4.53. The molecule has 2 heteroatoms. The van der Waals surface area contributed by atoms with Gasteiger partial charge in [-0.2, -0.15) is 12.6 Å². The second-order valence-corrected chi connectivity index (χ2v) is 13.8. The number of phenols is 1. The van der Waals surface area contributed by atoms with E-state index < -0.39 is 0 Å². The van der Waals surface area contributed by atoms with Crippen molar-refractivity contribution in [3.63, 3.8) is 0 Å². The molecule has 2 aliphatic carbocycles. The quantitative estimate of drug-likeness (QED) is 0.393. The molecule has 2 bridgehead atoms. The van der Waals surface area contributed by atoms with Gasteiger partial charge in [0.15, 0.2) is 0 Å². The maximum Gasteiger partial charge on any atom is 0.123 e. The maximum atomic E-state index is 11.4. The van der Waals surface area contributed by atoms with E-state index in [0.29, 0.717) is 22.3 Å². The van der Waals surface area contributed by atoms with Crippen molar-refractivity contribution in [3.05, 3.63) is 28.8 Å². The number of fused-ring (bicyclic) bond motifs is 2. The van der Waals surface area contributed by atoms with Crippen LogP contribution in [-0.4, -0.2) is 5.11 Å². The zero-order valence-electron chi connectivity index (χ0n) is 23.6. The van der Waals surface area contributed by atoms with Gasteiger partial charge >= 0.3 is 0 Å². The molecule has 3 rings (SSSR count). The Hall–Kier alpha value is -0.630. The van der Waals surface area contributed by atoms with E-state index in [2.05, 4.69) is 80.2 Å². The summed E-state index contributed by atoms with van der Waals surface area (Å²) in [6.07, 6.45) is 10.5. The van der Waals surface area contributed by atoms with Crippen LogP contribution in [0.15, 0.2) is 12.1 Å². The first-order valence-corrected chi connectivity index (χ1v) is 14.4. The number of thiol groups is 1. The van der Waals surface area contributed by atoms with Gasteiger partial charge < -0.3 is 5.11 Å². The van der Waals surface area contributed by atoms with E-state index in [9.17, 15) is 5.11 Å². The fourth-order valence-electron chi connectivity index (χ4n) is 8.05. The van der Waals surface area contributed by atoms with E-state index in [4.69, 9.17) is 0 Å². The molecular formula is C31H54OS. The minimum absolute atomic E-state index is 0.0361. The molecule has 2 aliphatic rings. The van der Waals surface area contributed by atoms with Crippen molar-refractivity contribution in [2.75, 3.05) is 0 Å². The average molecular weight is 475 g/mol. The third-order valence-electron chi connectivity index (χ3n) is 8.38. The van der Waals surface area contributed by atoms with E-state index in [1.807, 2.05) is 13.8 Å². The molecule has 2 fully saturated rings. The Kier molecular flexibility index (Phi) is 9.15. The van der Waals surface area contributed by atoms with Crippen LogP contribution >= 0.6 is 12.6 Å². The molecule has 190 valence electrons. The molecule has 33 heavy (non-hydrogen) atoms.